The Morgan fingerprint density at radius 3 is 2.62 bits per heavy atom. The highest BCUT2D eigenvalue weighted by Crippen LogP contribution is 2.20. The average molecular weight is 300 g/mol. The van der Waals surface area contributed by atoms with Gasteiger partial charge >= 0.3 is 0 Å². The molecule has 0 aliphatic heterocycles. The summed E-state index contributed by atoms with van der Waals surface area (Å²) in [6.45, 7) is 7.50. The molecule has 2 aromatic rings. The number of benzene rings is 1. The third-order valence-electron chi connectivity index (χ3n) is 3.10. The van der Waals surface area contributed by atoms with E-state index >= 15 is 0 Å². The van der Waals surface area contributed by atoms with Crippen molar-refractivity contribution in [3.05, 3.63) is 59.9 Å². The van der Waals surface area contributed by atoms with Crippen molar-refractivity contribution >= 4 is 11.8 Å². The van der Waals surface area contributed by atoms with E-state index < -0.39 is 0 Å². The molecular weight excluding hydrogens is 276 g/mol. The molecule has 0 saturated heterocycles. The number of thioether (sulfide) groups is 1. The summed E-state index contributed by atoms with van der Waals surface area (Å²) >= 11 is 1.91. The second-order valence-corrected chi connectivity index (χ2v) is 7.38. The van der Waals surface area contributed by atoms with Crippen molar-refractivity contribution in [2.24, 2.45) is 0 Å². The Bertz CT molecular complexity index is 547. The molecule has 1 aromatic carbocycles. The van der Waals surface area contributed by atoms with Crippen LogP contribution >= 0.6 is 11.8 Å². The number of rotatable bonds is 6. The van der Waals surface area contributed by atoms with Crippen molar-refractivity contribution < 1.29 is 0 Å². The van der Waals surface area contributed by atoms with Crippen LogP contribution in [-0.2, 0) is 13.0 Å². The van der Waals surface area contributed by atoms with Gasteiger partial charge in [-0.15, -0.1) is 11.8 Å². The molecule has 1 aromatic heterocycles. The lowest BCUT2D eigenvalue weighted by Gasteiger charge is -2.20. The molecule has 0 aliphatic rings. The third kappa shape index (κ3) is 6.32. The van der Waals surface area contributed by atoms with Gasteiger partial charge in [0.25, 0.3) is 0 Å². The maximum absolute atomic E-state index is 4.15. The molecule has 0 spiro atoms. The minimum absolute atomic E-state index is 0.156. The first-order valence-electron chi connectivity index (χ1n) is 7.39. The number of pyridine rings is 1. The Balaban J connectivity index is 1.83. The molecule has 0 unspecified atom stereocenters. The quantitative estimate of drug-likeness (QED) is 0.805. The second-order valence-electron chi connectivity index (χ2n) is 6.21. The molecule has 0 atom stereocenters. The first kappa shape index (κ1) is 16.1. The molecule has 21 heavy (non-hydrogen) atoms. The molecule has 0 amide bonds. The molecule has 0 bridgehead atoms. The van der Waals surface area contributed by atoms with Crippen LogP contribution in [0.1, 0.15) is 31.9 Å². The Morgan fingerprint density at radius 2 is 1.90 bits per heavy atom. The van der Waals surface area contributed by atoms with Gasteiger partial charge < -0.3 is 5.32 Å². The maximum atomic E-state index is 4.15. The van der Waals surface area contributed by atoms with Crippen LogP contribution in [-0.4, -0.2) is 16.3 Å². The van der Waals surface area contributed by atoms with Crippen LogP contribution in [0.15, 0.2) is 53.7 Å². The Hall–Kier alpha value is -1.32. The van der Waals surface area contributed by atoms with E-state index in [1.165, 1.54) is 16.0 Å². The lowest BCUT2D eigenvalue weighted by Crippen LogP contribution is -2.35. The van der Waals surface area contributed by atoms with Crippen molar-refractivity contribution in [3.63, 3.8) is 0 Å². The number of nitrogens with zero attached hydrogens (tertiary/aromatic N) is 1. The normalized spacial score (nSPS) is 11.6. The summed E-state index contributed by atoms with van der Waals surface area (Å²) in [4.78, 5) is 5.49. The Morgan fingerprint density at radius 1 is 1.10 bits per heavy atom. The molecule has 1 heterocycles. The lowest BCUT2D eigenvalue weighted by atomic mass is 10.1. The molecule has 2 rings (SSSR count). The van der Waals surface area contributed by atoms with E-state index in [1.807, 2.05) is 30.2 Å². The summed E-state index contributed by atoms with van der Waals surface area (Å²) in [5, 5.41) is 3.53. The molecule has 0 fully saturated rings. The van der Waals surface area contributed by atoms with Gasteiger partial charge in [0.05, 0.1) is 0 Å². The van der Waals surface area contributed by atoms with Gasteiger partial charge in [-0.25, -0.2) is 0 Å². The summed E-state index contributed by atoms with van der Waals surface area (Å²) in [7, 11) is 0. The second kappa shape index (κ2) is 7.62. The number of nitrogens with one attached hydrogen (secondary N) is 1. The third-order valence-corrected chi connectivity index (χ3v) is 4.10. The van der Waals surface area contributed by atoms with Crippen molar-refractivity contribution in [1.82, 2.24) is 10.3 Å². The van der Waals surface area contributed by atoms with Crippen molar-refractivity contribution in [1.29, 1.82) is 0 Å². The van der Waals surface area contributed by atoms with Crippen molar-refractivity contribution in [3.8, 4) is 0 Å². The minimum atomic E-state index is 0.156. The average Bonchev–Trinajstić information content (AvgIpc) is 2.46. The number of aromatic nitrogens is 1. The van der Waals surface area contributed by atoms with E-state index in [4.69, 9.17) is 0 Å². The lowest BCUT2D eigenvalue weighted by molar-refractivity contribution is 0.424. The topological polar surface area (TPSA) is 24.9 Å². The smallest absolute Gasteiger partial charge is 0.0300 e. The summed E-state index contributed by atoms with van der Waals surface area (Å²) in [5.41, 5.74) is 2.80. The van der Waals surface area contributed by atoms with Gasteiger partial charge in [0.15, 0.2) is 0 Å². The fourth-order valence-corrected chi connectivity index (χ4v) is 2.93. The summed E-state index contributed by atoms with van der Waals surface area (Å²) in [6.07, 6.45) is 4.83. The fraction of sp³-hybridized carbons (Fsp3) is 0.389. The maximum Gasteiger partial charge on any atom is 0.0300 e. The largest absolute Gasteiger partial charge is 0.308 e. The van der Waals surface area contributed by atoms with Crippen LogP contribution in [0.5, 0.6) is 0 Å². The monoisotopic (exact) mass is 300 g/mol. The van der Waals surface area contributed by atoms with E-state index in [2.05, 4.69) is 61.4 Å². The molecule has 3 heteroatoms. The van der Waals surface area contributed by atoms with Gasteiger partial charge in [-0.2, -0.15) is 0 Å². The number of hydrogen-bond donors (Lipinski definition) is 1. The van der Waals surface area contributed by atoms with Gasteiger partial charge in [0, 0.05) is 35.1 Å². The molecular formula is C18H24N2S. The van der Waals surface area contributed by atoms with Crippen LogP contribution in [0.4, 0.5) is 0 Å². The molecule has 2 nitrogen and oxygen atoms in total. The van der Waals surface area contributed by atoms with Crippen molar-refractivity contribution in [2.45, 2.75) is 44.2 Å². The highest BCUT2D eigenvalue weighted by molar-refractivity contribution is 7.99. The molecule has 0 radical (unpaired) electrons. The molecule has 1 N–H and O–H groups in total. The molecule has 112 valence electrons. The van der Waals surface area contributed by atoms with E-state index in [-0.39, 0.29) is 5.54 Å². The highest BCUT2D eigenvalue weighted by Gasteiger charge is 2.08. The van der Waals surface area contributed by atoms with Crippen LogP contribution < -0.4 is 5.32 Å². The van der Waals surface area contributed by atoms with Gasteiger partial charge in [0.1, 0.15) is 0 Å². The highest BCUT2D eigenvalue weighted by atomic mass is 32.2. The van der Waals surface area contributed by atoms with Crippen LogP contribution in [0, 0.1) is 0 Å². The standard InChI is InChI=1S/C18H24N2S/c1-18(2,3)20-14-16-6-4-8-17(12-16)21-11-9-15-7-5-10-19-13-15/h4-8,10,12-13,20H,9,11,14H2,1-3H3. The number of aryl methyl sites for hydroxylation is 1. The van der Waals surface area contributed by atoms with Crippen LogP contribution in [0.25, 0.3) is 0 Å². The summed E-state index contributed by atoms with van der Waals surface area (Å²) in [5.74, 6) is 1.09. The molecule has 0 saturated carbocycles. The van der Waals surface area contributed by atoms with Gasteiger partial charge in [0.2, 0.25) is 0 Å². The minimum Gasteiger partial charge on any atom is -0.308 e. The predicted octanol–water partition coefficient (Wildman–Crippen LogP) is 4.30. The zero-order chi connectivity index (χ0) is 15.1. The molecule has 0 aliphatic carbocycles. The van der Waals surface area contributed by atoms with Gasteiger partial charge in [-0.1, -0.05) is 18.2 Å². The fourth-order valence-electron chi connectivity index (χ4n) is 1.95. The Kier molecular flexibility index (Phi) is 5.83. The van der Waals surface area contributed by atoms with Crippen LogP contribution in [0.3, 0.4) is 0 Å². The Labute approximate surface area is 132 Å². The van der Waals surface area contributed by atoms with Gasteiger partial charge in [-0.3, -0.25) is 4.98 Å². The van der Waals surface area contributed by atoms with E-state index in [1.54, 1.807) is 0 Å². The van der Waals surface area contributed by atoms with E-state index in [9.17, 15) is 0 Å². The predicted molar refractivity (Wildman–Crippen MR) is 91.7 cm³/mol. The van der Waals surface area contributed by atoms with Crippen LogP contribution in [0.2, 0.25) is 0 Å². The first-order chi connectivity index (χ1) is 10.0. The van der Waals surface area contributed by atoms with Gasteiger partial charge in [-0.05, 0) is 56.5 Å². The summed E-state index contributed by atoms with van der Waals surface area (Å²) < 4.78 is 0. The first-order valence-corrected chi connectivity index (χ1v) is 8.37. The SMILES string of the molecule is CC(C)(C)NCc1cccc(SCCc2cccnc2)c1. The van der Waals surface area contributed by atoms with E-state index in [0.29, 0.717) is 0 Å². The van der Waals surface area contributed by atoms with Crippen molar-refractivity contribution in [2.75, 3.05) is 5.75 Å². The summed E-state index contributed by atoms with van der Waals surface area (Å²) in [6, 6.07) is 12.9. The zero-order valence-electron chi connectivity index (χ0n) is 13.1. The number of hydrogen-bond acceptors (Lipinski definition) is 3. The zero-order valence-corrected chi connectivity index (χ0v) is 13.9. The van der Waals surface area contributed by atoms with E-state index in [0.717, 1.165) is 18.7 Å².